The number of rotatable bonds is 7. The standard InChI is InChI=1S/C15H21NO3/c1-11(12-9-16-10-12)15(17)13-5-3-4-6-14(13)19-8-7-18-2/h3-6,11-12,16H,7-10H2,1-2H3. The summed E-state index contributed by atoms with van der Waals surface area (Å²) in [6, 6.07) is 7.44. The van der Waals surface area contributed by atoms with Gasteiger partial charge in [0.1, 0.15) is 12.4 Å². The Morgan fingerprint density at radius 2 is 2.11 bits per heavy atom. The van der Waals surface area contributed by atoms with Crippen molar-refractivity contribution >= 4 is 5.78 Å². The van der Waals surface area contributed by atoms with Gasteiger partial charge in [-0.15, -0.1) is 0 Å². The lowest BCUT2D eigenvalue weighted by atomic mass is 9.83. The van der Waals surface area contributed by atoms with E-state index in [2.05, 4.69) is 5.32 Å². The van der Waals surface area contributed by atoms with Gasteiger partial charge >= 0.3 is 0 Å². The quantitative estimate of drug-likeness (QED) is 0.601. The van der Waals surface area contributed by atoms with Gasteiger partial charge in [0, 0.05) is 13.0 Å². The van der Waals surface area contributed by atoms with Crippen molar-refractivity contribution in [2.24, 2.45) is 11.8 Å². The maximum atomic E-state index is 12.5. The van der Waals surface area contributed by atoms with Gasteiger partial charge in [0.25, 0.3) is 0 Å². The fourth-order valence-corrected chi connectivity index (χ4v) is 2.15. The van der Waals surface area contributed by atoms with Crippen LogP contribution in [0.25, 0.3) is 0 Å². The van der Waals surface area contributed by atoms with Crippen LogP contribution in [0, 0.1) is 11.8 Å². The molecular weight excluding hydrogens is 242 g/mol. The number of nitrogens with one attached hydrogen (secondary N) is 1. The van der Waals surface area contributed by atoms with Crippen LogP contribution < -0.4 is 10.1 Å². The van der Waals surface area contributed by atoms with E-state index in [1.54, 1.807) is 7.11 Å². The number of Topliss-reactive ketones (excluding diaryl/α,β-unsaturated/α-hetero) is 1. The number of benzene rings is 1. The Bertz CT molecular complexity index is 429. The predicted octanol–water partition coefficient (Wildman–Crippen LogP) is 1.75. The fraction of sp³-hybridized carbons (Fsp3) is 0.533. The molecule has 2 rings (SSSR count). The number of ketones is 1. The van der Waals surface area contributed by atoms with Crippen LogP contribution in [0.15, 0.2) is 24.3 Å². The first-order valence-corrected chi connectivity index (χ1v) is 6.69. The lowest BCUT2D eigenvalue weighted by Crippen LogP contribution is -2.47. The summed E-state index contributed by atoms with van der Waals surface area (Å²) in [6.45, 7) is 4.84. The summed E-state index contributed by atoms with van der Waals surface area (Å²) in [4.78, 5) is 12.5. The highest BCUT2D eigenvalue weighted by Gasteiger charge is 2.30. The summed E-state index contributed by atoms with van der Waals surface area (Å²) >= 11 is 0. The van der Waals surface area contributed by atoms with E-state index in [-0.39, 0.29) is 11.7 Å². The topological polar surface area (TPSA) is 47.6 Å². The summed E-state index contributed by atoms with van der Waals surface area (Å²) in [5, 5.41) is 3.20. The monoisotopic (exact) mass is 263 g/mol. The molecule has 1 atom stereocenters. The van der Waals surface area contributed by atoms with Crippen LogP contribution >= 0.6 is 0 Å². The third-order valence-electron chi connectivity index (χ3n) is 3.63. The molecule has 1 aliphatic heterocycles. The number of para-hydroxylation sites is 1. The second-order valence-corrected chi connectivity index (χ2v) is 4.91. The van der Waals surface area contributed by atoms with Gasteiger partial charge < -0.3 is 14.8 Å². The van der Waals surface area contributed by atoms with Crippen LogP contribution in [0.3, 0.4) is 0 Å². The molecule has 1 heterocycles. The van der Waals surface area contributed by atoms with Crippen molar-refractivity contribution in [1.29, 1.82) is 0 Å². The van der Waals surface area contributed by atoms with Crippen LogP contribution in [-0.4, -0.2) is 39.2 Å². The van der Waals surface area contributed by atoms with Gasteiger partial charge in [-0.25, -0.2) is 0 Å². The average Bonchev–Trinajstić information content (AvgIpc) is 2.37. The van der Waals surface area contributed by atoms with Gasteiger partial charge in [-0.05, 0) is 31.1 Å². The molecule has 1 aromatic carbocycles. The van der Waals surface area contributed by atoms with Crippen LogP contribution in [0.5, 0.6) is 5.75 Å². The molecule has 0 aromatic heterocycles. The number of ether oxygens (including phenoxy) is 2. The number of hydrogen-bond acceptors (Lipinski definition) is 4. The van der Waals surface area contributed by atoms with Crippen molar-refractivity contribution in [3.63, 3.8) is 0 Å². The van der Waals surface area contributed by atoms with Gasteiger partial charge in [-0.2, -0.15) is 0 Å². The first kappa shape index (κ1) is 14.0. The molecule has 0 aliphatic carbocycles. The van der Waals surface area contributed by atoms with Crippen molar-refractivity contribution in [2.45, 2.75) is 6.92 Å². The molecule has 1 aromatic rings. The zero-order valence-corrected chi connectivity index (χ0v) is 11.5. The minimum absolute atomic E-state index is 0.0356. The minimum Gasteiger partial charge on any atom is -0.490 e. The molecule has 19 heavy (non-hydrogen) atoms. The third-order valence-corrected chi connectivity index (χ3v) is 3.63. The highest BCUT2D eigenvalue weighted by molar-refractivity contribution is 6.00. The van der Waals surface area contributed by atoms with Crippen LogP contribution in [0.4, 0.5) is 0 Å². The summed E-state index contributed by atoms with van der Waals surface area (Å²) in [5.74, 6) is 1.30. The van der Waals surface area contributed by atoms with Gasteiger partial charge in [-0.3, -0.25) is 4.79 Å². The molecule has 4 heteroatoms. The van der Waals surface area contributed by atoms with Gasteiger partial charge in [0.15, 0.2) is 5.78 Å². The first-order chi connectivity index (χ1) is 9.24. The average molecular weight is 263 g/mol. The zero-order chi connectivity index (χ0) is 13.7. The molecule has 0 bridgehead atoms. The third kappa shape index (κ3) is 3.33. The Balaban J connectivity index is 2.07. The Hall–Kier alpha value is -1.39. The largest absolute Gasteiger partial charge is 0.490 e. The van der Waals surface area contributed by atoms with E-state index in [0.29, 0.717) is 30.4 Å². The van der Waals surface area contributed by atoms with E-state index < -0.39 is 0 Å². The smallest absolute Gasteiger partial charge is 0.169 e. The van der Waals surface area contributed by atoms with E-state index in [1.807, 2.05) is 31.2 Å². The summed E-state index contributed by atoms with van der Waals surface area (Å²) in [7, 11) is 1.63. The molecule has 0 radical (unpaired) electrons. The summed E-state index contributed by atoms with van der Waals surface area (Å²) in [5.41, 5.74) is 0.679. The molecule has 0 saturated carbocycles. The molecule has 104 valence electrons. The molecule has 1 N–H and O–H groups in total. The second kappa shape index (κ2) is 6.68. The predicted molar refractivity (Wildman–Crippen MR) is 73.7 cm³/mol. The number of methoxy groups -OCH3 is 1. The molecule has 0 spiro atoms. The molecule has 1 saturated heterocycles. The maximum Gasteiger partial charge on any atom is 0.169 e. The number of hydrogen-bond donors (Lipinski definition) is 1. The highest BCUT2D eigenvalue weighted by atomic mass is 16.5. The van der Waals surface area contributed by atoms with Gasteiger partial charge in [0.05, 0.1) is 12.2 Å². The first-order valence-electron chi connectivity index (χ1n) is 6.69. The summed E-state index contributed by atoms with van der Waals surface area (Å²) in [6.07, 6.45) is 0. The molecule has 0 amide bonds. The summed E-state index contributed by atoms with van der Waals surface area (Å²) < 4.78 is 10.6. The van der Waals surface area contributed by atoms with E-state index in [4.69, 9.17) is 9.47 Å². The second-order valence-electron chi connectivity index (χ2n) is 4.91. The number of carbonyl (C=O) groups is 1. The Morgan fingerprint density at radius 1 is 1.37 bits per heavy atom. The lowest BCUT2D eigenvalue weighted by Gasteiger charge is -2.32. The lowest BCUT2D eigenvalue weighted by molar-refractivity contribution is 0.0846. The highest BCUT2D eigenvalue weighted by Crippen LogP contribution is 2.26. The van der Waals surface area contributed by atoms with Gasteiger partial charge in [0.2, 0.25) is 0 Å². The van der Waals surface area contributed by atoms with E-state index in [1.165, 1.54) is 0 Å². The van der Waals surface area contributed by atoms with Crippen LogP contribution in [0.1, 0.15) is 17.3 Å². The molecule has 1 aliphatic rings. The zero-order valence-electron chi connectivity index (χ0n) is 11.5. The Morgan fingerprint density at radius 3 is 2.74 bits per heavy atom. The van der Waals surface area contributed by atoms with Crippen molar-refractivity contribution < 1.29 is 14.3 Å². The SMILES string of the molecule is COCCOc1ccccc1C(=O)C(C)C1CNC1. The van der Waals surface area contributed by atoms with Crippen LogP contribution in [-0.2, 0) is 4.74 Å². The van der Waals surface area contributed by atoms with Crippen molar-refractivity contribution in [3.05, 3.63) is 29.8 Å². The van der Waals surface area contributed by atoms with E-state index in [0.717, 1.165) is 13.1 Å². The Kier molecular flexibility index (Phi) is 4.93. The fourth-order valence-electron chi connectivity index (χ4n) is 2.15. The van der Waals surface area contributed by atoms with Crippen molar-refractivity contribution in [3.8, 4) is 5.75 Å². The molecular formula is C15H21NO3. The van der Waals surface area contributed by atoms with Crippen LogP contribution in [0.2, 0.25) is 0 Å². The van der Waals surface area contributed by atoms with Crippen molar-refractivity contribution in [1.82, 2.24) is 5.32 Å². The molecule has 1 unspecified atom stereocenters. The van der Waals surface area contributed by atoms with Crippen molar-refractivity contribution in [2.75, 3.05) is 33.4 Å². The van der Waals surface area contributed by atoms with E-state index in [9.17, 15) is 4.79 Å². The maximum absolute atomic E-state index is 12.5. The van der Waals surface area contributed by atoms with Gasteiger partial charge in [-0.1, -0.05) is 19.1 Å². The number of carbonyl (C=O) groups excluding carboxylic acids is 1. The van der Waals surface area contributed by atoms with E-state index >= 15 is 0 Å². The Labute approximate surface area is 114 Å². The molecule has 4 nitrogen and oxygen atoms in total. The molecule has 1 fully saturated rings. The minimum atomic E-state index is 0.0356. The normalized spacial score (nSPS) is 16.7.